The molecule has 0 saturated carbocycles. The van der Waals surface area contributed by atoms with Gasteiger partial charge in [-0.3, -0.25) is 0 Å². The Morgan fingerprint density at radius 2 is 1.70 bits per heavy atom. The molecule has 0 spiro atoms. The number of benzene rings is 2. The SMILES string of the molecule is Cl.Cl.N=S=O.NC1=CC=CC(C#Cc2ccccc2)N1c1cccc(N)c1. The maximum atomic E-state index is 8.51. The average molecular weight is 423 g/mol. The Bertz CT molecular complexity index is 885. The summed E-state index contributed by atoms with van der Waals surface area (Å²) in [6, 6.07) is 17.4. The number of nitrogens with one attached hydrogen (secondary N) is 1. The normalized spacial score (nSPS) is 14.0. The van der Waals surface area contributed by atoms with E-state index in [4.69, 9.17) is 20.5 Å². The van der Waals surface area contributed by atoms with Crippen LogP contribution in [-0.4, -0.2) is 10.3 Å². The van der Waals surface area contributed by atoms with E-state index in [2.05, 4.69) is 11.8 Å². The van der Waals surface area contributed by atoms with E-state index in [1.54, 1.807) is 0 Å². The van der Waals surface area contributed by atoms with E-state index in [0.29, 0.717) is 11.5 Å². The van der Waals surface area contributed by atoms with Crippen LogP contribution in [0.2, 0.25) is 0 Å². The number of nitrogen functional groups attached to an aromatic ring is 1. The van der Waals surface area contributed by atoms with Crippen LogP contribution in [0, 0.1) is 16.6 Å². The first kappa shape index (κ1) is 24.3. The zero-order chi connectivity index (χ0) is 18.1. The third-order valence-corrected chi connectivity index (χ3v) is 3.40. The second kappa shape index (κ2) is 12.6. The second-order valence-electron chi connectivity index (χ2n) is 5.10. The first-order valence-corrected chi connectivity index (χ1v) is 8.20. The van der Waals surface area contributed by atoms with E-state index in [0.717, 1.165) is 11.3 Å². The van der Waals surface area contributed by atoms with Gasteiger partial charge >= 0.3 is 0 Å². The summed E-state index contributed by atoms with van der Waals surface area (Å²) in [6.07, 6.45) is 5.82. The van der Waals surface area contributed by atoms with Gasteiger partial charge in [-0.25, -0.2) is 4.78 Å². The first-order chi connectivity index (χ1) is 12.2. The van der Waals surface area contributed by atoms with Gasteiger partial charge in [-0.05, 0) is 42.5 Å². The summed E-state index contributed by atoms with van der Waals surface area (Å²) in [5, 5.41) is 0. The summed E-state index contributed by atoms with van der Waals surface area (Å²) in [6.45, 7) is 0. The lowest BCUT2D eigenvalue weighted by molar-refractivity contribution is 0.697. The average Bonchev–Trinajstić information content (AvgIpc) is 2.61. The molecule has 5 N–H and O–H groups in total. The van der Waals surface area contributed by atoms with Gasteiger partial charge in [-0.1, -0.05) is 42.2 Å². The Labute approximate surface area is 175 Å². The lowest BCUT2D eigenvalue weighted by Crippen LogP contribution is -2.37. The molecule has 2 aromatic rings. The van der Waals surface area contributed by atoms with E-state index in [9.17, 15) is 0 Å². The Kier molecular flexibility index (Phi) is 11.3. The van der Waals surface area contributed by atoms with Crippen molar-refractivity contribution in [3.8, 4) is 11.8 Å². The van der Waals surface area contributed by atoms with Crippen molar-refractivity contribution in [3.05, 3.63) is 84.2 Å². The predicted molar refractivity (Wildman–Crippen MR) is 117 cm³/mol. The van der Waals surface area contributed by atoms with Crippen molar-refractivity contribution < 1.29 is 4.21 Å². The van der Waals surface area contributed by atoms with Crippen LogP contribution in [0.5, 0.6) is 0 Å². The highest BCUT2D eigenvalue weighted by Crippen LogP contribution is 2.25. The van der Waals surface area contributed by atoms with Gasteiger partial charge in [0.15, 0.2) is 11.5 Å². The van der Waals surface area contributed by atoms with E-state index in [-0.39, 0.29) is 42.3 Å². The zero-order valence-electron chi connectivity index (χ0n) is 14.2. The molecule has 0 saturated heterocycles. The van der Waals surface area contributed by atoms with Crippen molar-refractivity contribution in [2.24, 2.45) is 5.73 Å². The number of hydrogen-bond acceptors (Lipinski definition) is 5. The van der Waals surface area contributed by atoms with Crippen LogP contribution < -0.4 is 16.4 Å². The highest BCUT2D eigenvalue weighted by atomic mass is 35.5. The number of halogens is 2. The van der Waals surface area contributed by atoms with Gasteiger partial charge in [-0.2, -0.15) is 4.21 Å². The van der Waals surface area contributed by atoms with Gasteiger partial charge in [0.2, 0.25) is 0 Å². The lowest BCUT2D eigenvalue weighted by Gasteiger charge is -2.31. The molecular formula is C19H20Cl2N4OS. The third kappa shape index (κ3) is 7.19. The van der Waals surface area contributed by atoms with E-state index < -0.39 is 0 Å². The highest BCUT2D eigenvalue weighted by Gasteiger charge is 2.19. The van der Waals surface area contributed by atoms with Crippen molar-refractivity contribution in [1.29, 1.82) is 4.78 Å². The van der Waals surface area contributed by atoms with Gasteiger partial charge in [0.25, 0.3) is 0 Å². The molecule has 1 aliphatic rings. The molecule has 1 atom stereocenters. The fourth-order valence-electron chi connectivity index (χ4n) is 2.36. The third-order valence-electron chi connectivity index (χ3n) is 3.40. The summed E-state index contributed by atoms with van der Waals surface area (Å²) >= 11 is -0.250. The topological polar surface area (TPSA) is 96.2 Å². The molecule has 1 aliphatic heterocycles. The van der Waals surface area contributed by atoms with Crippen molar-refractivity contribution >= 4 is 47.7 Å². The molecule has 8 heteroatoms. The maximum Gasteiger partial charge on any atom is 0.196 e. The van der Waals surface area contributed by atoms with Crippen molar-refractivity contribution in [1.82, 2.24) is 0 Å². The van der Waals surface area contributed by atoms with E-state index in [1.807, 2.05) is 77.7 Å². The molecule has 1 unspecified atom stereocenters. The zero-order valence-corrected chi connectivity index (χ0v) is 16.7. The summed E-state index contributed by atoms with van der Waals surface area (Å²) in [5.41, 5.74) is 14.6. The maximum absolute atomic E-state index is 8.51. The quantitative estimate of drug-likeness (QED) is 0.482. The molecule has 3 rings (SSSR count). The summed E-state index contributed by atoms with van der Waals surface area (Å²) in [5.74, 6) is 7.11. The Balaban J connectivity index is 0.00000127. The van der Waals surface area contributed by atoms with E-state index in [1.165, 1.54) is 0 Å². The number of nitrogens with zero attached hydrogens (tertiary/aromatic N) is 1. The van der Waals surface area contributed by atoms with Crippen molar-refractivity contribution in [2.45, 2.75) is 6.04 Å². The molecule has 5 nitrogen and oxygen atoms in total. The summed E-state index contributed by atoms with van der Waals surface area (Å²) < 4.78 is 14.1. The number of nitrogens with two attached hydrogens (primary N) is 2. The lowest BCUT2D eigenvalue weighted by atomic mass is 10.1. The molecule has 0 amide bonds. The molecule has 0 bridgehead atoms. The second-order valence-corrected chi connectivity index (χ2v) is 5.27. The number of allylic oxidation sites excluding steroid dienone is 2. The van der Waals surface area contributed by atoms with Crippen LogP contribution in [-0.2, 0) is 11.5 Å². The van der Waals surface area contributed by atoms with Gasteiger partial charge in [-0.15, -0.1) is 24.8 Å². The highest BCUT2D eigenvalue weighted by molar-refractivity contribution is 7.53. The number of anilines is 2. The van der Waals surface area contributed by atoms with Gasteiger partial charge in [0.05, 0.1) is 0 Å². The standard InChI is InChI=1S/C19H17N3.2ClH.HNOS/c20-16-8-4-10-18(14-16)22-17(9-5-11-19(22)21)13-12-15-6-2-1-3-7-15;;;1-3-2/h1-11,14,17H,20-21H2;2*1H;1H. The Morgan fingerprint density at radius 1 is 1.04 bits per heavy atom. The van der Waals surface area contributed by atoms with Crippen LogP contribution >= 0.6 is 24.8 Å². The fraction of sp³-hybridized carbons (Fsp3) is 0.0526. The summed E-state index contributed by atoms with van der Waals surface area (Å²) in [7, 11) is 0. The molecule has 0 aliphatic carbocycles. The summed E-state index contributed by atoms with van der Waals surface area (Å²) in [4.78, 5) is 1.98. The van der Waals surface area contributed by atoms with Crippen LogP contribution in [0.3, 0.4) is 0 Å². The molecule has 1 heterocycles. The van der Waals surface area contributed by atoms with Crippen LogP contribution in [0.4, 0.5) is 11.4 Å². The van der Waals surface area contributed by atoms with Crippen LogP contribution in [0.25, 0.3) is 0 Å². The minimum atomic E-state index is -0.250. The molecule has 0 aromatic heterocycles. The van der Waals surface area contributed by atoms with Gasteiger partial charge in [0, 0.05) is 16.9 Å². The minimum absolute atomic E-state index is 0. The molecule has 2 aromatic carbocycles. The Morgan fingerprint density at radius 3 is 2.33 bits per heavy atom. The first-order valence-electron chi connectivity index (χ1n) is 7.46. The van der Waals surface area contributed by atoms with Crippen molar-refractivity contribution in [2.75, 3.05) is 10.6 Å². The van der Waals surface area contributed by atoms with E-state index >= 15 is 0 Å². The van der Waals surface area contributed by atoms with Gasteiger partial charge in [0.1, 0.15) is 11.9 Å². The molecule has 0 radical (unpaired) electrons. The van der Waals surface area contributed by atoms with Gasteiger partial charge < -0.3 is 16.4 Å². The van der Waals surface area contributed by atoms with Crippen LogP contribution in [0.15, 0.2) is 78.6 Å². The predicted octanol–water partition coefficient (Wildman–Crippen LogP) is 3.67. The molecule has 27 heavy (non-hydrogen) atoms. The smallest absolute Gasteiger partial charge is 0.196 e. The number of hydrogen-bond donors (Lipinski definition) is 3. The molecule has 142 valence electrons. The van der Waals surface area contributed by atoms with Crippen molar-refractivity contribution in [3.63, 3.8) is 0 Å². The number of rotatable bonds is 1. The fourth-order valence-corrected chi connectivity index (χ4v) is 2.36. The largest absolute Gasteiger partial charge is 0.399 e. The van der Waals surface area contributed by atoms with Crippen LogP contribution in [0.1, 0.15) is 5.56 Å². The Hall–Kier alpha value is -2.72. The minimum Gasteiger partial charge on any atom is -0.399 e. The molecular weight excluding hydrogens is 403 g/mol. The molecule has 0 fully saturated rings. The monoisotopic (exact) mass is 422 g/mol.